The second kappa shape index (κ2) is 26.1. The average molecular weight is 711 g/mol. The van der Waals surface area contributed by atoms with E-state index in [9.17, 15) is 0 Å². The average Bonchev–Trinajstić information content (AvgIpc) is 3.39. The molecule has 3 rings (SSSR count). The van der Waals surface area contributed by atoms with Crippen molar-refractivity contribution in [1.82, 2.24) is 0 Å². The summed E-state index contributed by atoms with van der Waals surface area (Å²) in [5.74, 6) is 3.63. The summed E-state index contributed by atoms with van der Waals surface area (Å²) in [6.07, 6.45) is 42.5. The van der Waals surface area contributed by atoms with Crippen LogP contribution in [0.1, 0.15) is 223 Å². The quantitative estimate of drug-likeness (QED) is 0.0430. The molecule has 0 amide bonds. The van der Waals surface area contributed by atoms with E-state index in [1.54, 1.807) is 11.1 Å². The number of hydrogen-bond acceptors (Lipinski definition) is 0. The lowest BCUT2D eigenvalue weighted by molar-refractivity contribution is 0.396. The normalized spacial score (nSPS) is 13.2. The van der Waals surface area contributed by atoms with Crippen LogP contribution in [0, 0.1) is 11.5 Å². The van der Waals surface area contributed by atoms with Gasteiger partial charge in [-0.25, -0.2) is 0 Å². The first-order valence-electron chi connectivity index (χ1n) is 22.7. The Labute approximate surface area is 320 Å². The van der Waals surface area contributed by atoms with Gasteiger partial charge in [-0.3, -0.25) is 0 Å². The number of hydrogen-bond donors (Lipinski definition) is 0. The van der Waals surface area contributed by atoms with Gasteiger partial charge in [-0.15, -0.1) is 5.54 Å². The molecule has 0 atom stereocenters. The van der Waals surface area contributed by atoms with Gasteiger partial charge in [0.2, 0.25) is 0 Å². The van der Waals surface area contributed by atoms with E-state index in [4.69, 9.17) is 0 Å². The zero-order valence-corrected chi connectivity index (χ0v) is 35.8. The Morgan fingerprint density at radius 2 is 0.804 bits per heavy atom. The van der Waals surface area contributed by atoms with Gasteiger partial charge in [0.25, 0.3) is 0 Å². The van der Waals surface area contributed by atoms with Crippen molar-refractivity contribution >= 4 is 8.07 Å². The van der Waals surface area contributed by atoms with Crippen LogP contribution in [0.25, 0.3) is 11.1 Å². The van der Waals surface area contributed by atoms with Crippen LogP contribution < -0.4 is 0 Å². The van der Waals surface area contributed by atoms with Crippen molar-refractivity contribution in [2.24, 2.45) is 0 Å². The lowest BCUT2D eigenvalue weighted by Crippen LogP contribution is -2.25. The van der Waals surface area contributed by atoms with Crippen molar-refractivity contribution in [3.05, 3.63) is 59.2 Å². The summed E-state index contributed by atoms with van der Waals surface area (Å²) in [6.45, 7) is 11.7. The van der Waals surface area contributed by atoms with Crippen LogP contribution in [0.5, 0.6) is 0 Å². The van der Waals surface area contributed by atoms with Crippen molar-refractivity contribution in [2.45, 2.75) is 232 Å². The fourth-order valence-corrected chi connectivity index (χ4v) is 9.22. The third-order valence-corrected chi connectivity index (χ3v) is 12.6. The van der Waals surface area contributed by atoms with Gasteiger partial charge < -0.3 is 0 Å². The van der Waals surface area contributed by atoms with Gasteiger partial charge in [-0.2, -0.15) is 0 Å². The zero-order valence-electron chi connectivity index (χ0n) is 34.8. The molecule has 0 bridgehead atoms. The molecule has 1 aliphatic rings. The van der Waals surface area contributed by atoms with Gasteiger partial charge in [0.05, 0.1) is 0 Å². The first-order valence-corrected chi connectivity index (χ1v) is 26.2. The number of unbranched alkanes of at least 4 members (excludes halogenated alkanes) is 26. The van der Waals surface area contributed by atoms with Gasteiger partial charge >= 0.3 is 0 Å². The minimum atomic E-state index is -1.43. The Hall–Kier alpha value is -1.78. The van der Waals surface area contributed by atoms with Crippen LogP contribution in [0.2, 0.25) is 19.6 Å². The molecule has 51 heavy (non-hydrogen) atoms. The minimum absolute atomic E-state index is 0.150. The van der Waals surface area contributed by atoms with Crippen LogP contribution in [0.4, 0.5) is 0 Å². The number of rotatable bonds is 30. The summed E-state index contributed by atoms with van der Waals surface area (Å²) in [7, 11) is -1.43. The summed E-state index contributed by atoms with van der Waals surface area (Å²) >= 11 is 0. The highest BCUT2D eigenvalue weighted by Crippen LogP contribution is 2.54. The number of benzene rings is 2. The van der Waals surface area contributed by atoms with Crippen molar-refractivity contribution in [1.29, 1.82) is 0 Å². The molecule has 0 heterocycles. The van der Waals surface area contributed by atoms with Gasteiger partial charge in [0.1, 0.15) is 8.07 Å². The third kappa shape index (κ3) is 16.8. The van der Waals surface area contributed by atoms with E-state index in [1.165, 1.54) is 209 Å². The molecule has 0 aromatic heterocycles. The fraction of sp³-hybridized carbons (Fsp3) is 0.720. The second-order valence-electron chi connectivity index (χ2n) is 17.6. The van der Waals surface area contributed by atoms with Gasteiger partial charge in [0.15, 0.2) is 0 Å². The largest absolute Gasteiger partial charge is 0.129 e. The third-order valence-electron chi connectivity index (χ3n) is 11.8. The maximum atomic E-state index is 3.66. The van der Waals surface area contributed by atoms with Crippen LogP contribution in [0.15, 0.2) is 42.5 Å². The molecule has 0 spiro atoms. The maximum absolute atomic E-state index is 3.66. The van der Waals surface area contributed by atoms with Crippen molar-refractivity contribution in [3.63, 3.8) is 0 Å². The molecule has 0 N–H and O–H groups in total. The van der Waals surface area contributed by atoms with Crippen LogP contribution in [0.3, 0.4) is 0 Å². The molecule has 1 heteroatoms. The highest BCUT2D eigenvalue weighted by molar-refractivity contribution is 6.83. The SMILES string of the molecule is CCCCCCCCCCCCCCCCC1(CCCCCCCCCCCCCCCC)c2ccccc2-c2ccc(C#C[Si](C)(C)C)cc21. The van der Waals surface area contributed by atoms with E-state index in [0.717, 1.165) is 0 Å². The molecule has 0 aliphatic heterocycles. The van der Waals surface area contributed by atoms with Crippen molar-refractivity contribution in [3.8, 4) is 22.6 Å². The summed E-state index contributed by atoms with van der Waals surface area (Å²) in [4.78, 5) is 0. The lowest BCUT2D eigenvalue weighted by Gasteiger charge is -2.33. The molecule has 0 unspecified atom stereocenters. The van der Waals surface area contributed by atoms with Gasteiger partial charge in [0, 0.05) is 11.0 Å². The Kier molecular flexibility index (Phi) is 22.3. The zero-order chi connectivity index (χ0) is 36.5. The molecule has 0 saturated heterocycles. The summed E-state index contributed by atoms with van der Waals surface area (Å²) < 4.78 is 0. The van der Waals surface area contributed by atoms with Crippen LogP contribution in [-0.4, -0.2) is 8.07 Å². The molecule has 0 nitrogen and oxygen atoms in total. The molecule has 2 aromatic rings. The van der Waals surface area contributed by atoms with E-state index in [1.807, 2.05) is 0 Å². The molecule has 0 fully saturated rings. The Bertz CT molecular complexity index is 1200. The Balaban J connectivity index is 1.52. The van der Waals surface area contributed by atoms with Crippen LogP contribution in [-0.2, 0) is 5.41 Å². The van der Waals surface area contributed by atoms with E-state index in [0.29, 0.717) is 0 Å². The maximum Gasteiger partial charge on any atom is 0.129 e. The van der Waals surface area contributed by atoms with E-state index in [-0.39, 0.29) is 5.41 Å². The molecule has 0 radical (unpaired) electrons. The van der Waals surface area contributed by atoms with Crippen LogP contribution >= 0.6 is 0 Å². The predicted molar refractivity (Wildman–Crippen MR) is 233 cm³/mol. The van der Waals surface area contributed by atoms with Crippen molar-refractivity contribution < 1.29 is 0 Å². The summed E-state index contributed by atoms with van der Waals surface area (Å²) in [6, 6.07) is 16.7. The first-order chi connectivity index (χ1) is 24.9. The van der Waals surface area contributed by atoms with Gasteiger partial charge in [-0.1, -0.05) is 250 Å². The Morgan fingerprint density at radius 3 is 1.22 bits per heavy atom. The molecule has 1 aliphatic carbocycles. The Morgan fingerprint density at radius 1 is 0.431 bits per heavy atom. The first kappa shape index (κ1) is 43.6. The molecular weight excluding hydrogens is 629 g/mol. The fourth-order valence-electron chi connectivity index (χ4n) is 8.70. The predicted octanol–water partition coefficient (Wildman–Crippen LogP) is 16.9. The molecule has 0 saturated carbocycles. The highest BCUT2D eigenvalue weighted by atomic mass is 28.3. The monoisotopic (exact) mass is 711 g/mol. The van der Waals surface area contributed by atoms with E-state index in [2.05, 4.69) is 87.4 Å². The van der Waals surface area contributed by atoms with Gasteiger partial charge in [-0.05, 0) is 47.2 Å². The molecular formula is C50H82Si. The lowest BCUT2D eigenvalue weighted by atomic mass is 9.70. The standard InChI is InChI=1S/C50H82Si/c1-6-8-10-12-14-16-18-20-22-24-26-28-30-34-41-50(42-35-31-29-27-25-23-21-19-17-15-13-11-9-7-2)48-37-33-32-36-46(48)47-39-38-45(44-49(47)50)40-43-51(3,4)5/h32-33,36-39,44H,6-31,34-35,41-42H2,1-5H3. The summed E-state index contributed by atoms with van der Waals surface area (Å²) in [5.41, 5.74) is 11.2. The van der Waals surface area contributed by atoms with Crippen molar-refractivity contribution in [2.75, 3.05) is 0 Å². The molecule has 286 valence electrons. The van der Waals surface area contributed by atoms with E-state index < -0.39 is 8.07 Å². The van der Waals surface area contributed by atoms with E-state index >= 15 is 0 Å². The minimum Gasteiger partial charge on any atom is -0.127 e. The summed E-state index contributed by atoms with van der Waals surface area (Å²) in [5, 5.41) is 0. The highest BCUT2D eigenvalue weighted by Gasteiger charge is 2.42. The topological polar surface area (TPSA) is 0 Å². The molecule has 2 aromatic carbocycles. The smallest absolute Gasteiger partial charge is 0.127 e. The number of fused-ring (bicyclic) bond motifs is 3. The second-order valence-corrected chi connectivity index (χ2v) is 22.3.